The zero-order chi connectivity index (χ0) is 23.3. The third-order valence-corrected chi connectivity index (χ3v) is 5.50. The van der Waals surface area contributed by atoms with E-state index in [1.54, 1.807) is 19.1 Å². The molecule has 1 amide bonds. The summed E-state index contributed by atoms with van der Waals surface area (Å²) in [6.07, 6.45) is 1.90. The second kappa shape index (κ2) is 10.3. The van der Waals surface area contributed by atoms with Crippen LogP contribution in [0, 0.1) is 11.8 Å². The van der Waals surface area contributed by atoms with Gasteiger partial charge in [0.1, 0.15) is 0 Å². The fraction of sp³-hybridized carbons (Fsp3) is 0.231. The van der Waals surface area contributed by atoms with E-state index in [1.807, 2.05) is 42.7 Å². The normalized spacial score (nSPS) is 10.4. The topological polar surface area (TPSA) is 67.4 Å². The number of nitrogens with one attached hydrogen (secondary N) is 2. The molecule has 164 valence electrons. The molecule has 0 saturated heterocycles. The minimum absolute atomic E-state index is 0.228. The van der Waals surface area contributed by atoms with E-state index in [4.69, 9.17) is 4.74 Å². The molecule has 0 fully saturated rings. The van der Waals surface area contributed by atoms with Gasteiger partial charge in [0.25, 0.3) is 11.7 Å². The third-order valence-electron chi connectivity index (χ3n) is 5.08. The largest absolute Gasteiger partial charge is 0.492 e. The molecule has 0 aliphatic carbocycles. The molecule has 3 aromatic rings. The molecule has 0 unspecified atom stereocenters. The molecular weight excluding hydrogens is 420 g/mol. The molecule has 0 atom stereocenters. The number of ether oxygens (including phenoxy) is 1. The number of rotatable bonds is 7. The molecule has 0 bridgehead atoms. The Balaban J connectivity index is 2.02. The van der Waals surface area contributed by atoms with E-state index in [1.165, 1.54) is 19.1 Å². The smallest absolute Gasteiger partial charge is 0.296 e. The van der Waals surface area contributed by atoms with Gasteiger partial charge in [0, 0.05) is 17.4 Å². The Morgan fingerprint density at radius 3 is 2.34 bits per heavy atom. The molecule has 6 heteroatoms. The summed E-state index contributed by atoms with van der Waals surface area (Å²) in [5, 5.41) is 4.30. The number of anilines is 2. The van der Waals surface area contributed by atoms with Gasteiger partial charge in [0.05, 0.1) is 18.5 Å². The van der Waals surface area contributed by atoms with Crippen molar-refractivity contribution in [2.24, 2.45) is 0 Å². The van der Waals surface area contributed by atoms with Crippen LogP contribution in [-0.4, -0.2) is 25.1 Å². The highest BCUT2D eigenvalue weighted by Gasteiger charge is 2.22. The number of hydrogen-bond acceptors (Lipinski definition) is 5. The maximum Gasteiger partial charge on any atom is 0.296 e. The molecule has 2 N–H and O–H groups in total. The Morgan fingerprint density at radius 1 is 1.03 bits per heavy atom. The Bertz CT molecular complexity index is 1240. The predicted molar refractivity (Wildman–Crippen MR) is 134 cm³/mol. The lowest BCUT2D eigenvalue weighted by atomic mass is 9.97. The number of methoxy groups -OCH3 is 1. The highest BCUT2D eigenvalue weighted by atomic mass is 32.2. The van der Waals surface area contributed by atoms with Gasteiger partial charge in [-0.15, -0.1) is 5.92 Å². The molecule has 3 aromatic carbocycles. The maximum absolute atomic E-state index is 13.2. The molecule has 0 heterocycles. The van der Waals surface area contributed by atoms with Gasteiger partial charge in [-0.1, -0.05) is 56.0 Å². The van der Waals surface area contributed by atoms with Crippen molar-refractivity contribution < 1.29 is 14.3 Å². The summed E-state index contributed by atoms with van der Waals surface area (Å²) in [6.45, 7) is 5.89. The van der Waals surface area contributed by atoms with Crippen LogP contribution in [0.4, 0.5) is 11.4 Å². The number of benzene rings is 3. The van der Waals surface area contributed by atoms with Crippen molar-refractivity contribution >= 4 is 45.8 Å². The first-order valence-corrected chi connectivity index (χ1v) is 11.4. The fourth-order valence-electron chi connectivity index (χ4n) is 3.53. The van der Waals surface area contributed by atoms with E-state index < -0.39 is 11.7 Å². The van der Waals surface area contributed by atoms with Crippen LogP contribution in [0.25, 0.3) is 10.8 Å². The molecular formula is C26H26N2O3S. The van der Waals surface area contributed by atoms with E-state index >= 15 is 0 Å². The summed E-state index contributed by atoms with van der Waals surface area (Å²) < 4.78 is 8.73. The van der Waals surface area contributed by atoms with Crippen molar-refractivity contribution in [2.75, 3.05) is 23.4 Å². The van der Waals surface area contributed by atoms with Crippen molar-refractivity contribution in [3.63, 3.8) is 0 Å². The summed E-state index contributed by atoms with van der Waals surface area (Å²) in [7, 11) is 1.54. The van der Waals surface area contributed by atoms with Gasteiger partial charge in [-0.3, -0.25) is 9.59 Å². The van der Waals surface area contributed by atoms with Crippen LogP contribution in [0.5, 0.6) is 5.75 Å². The van der Waals surface area contributed by atoms with Crippen LogP contribution in [0.15, 0.2) is 48.5 Å². The fourth-order valence-corrected chi connectivity index (χ4v) is 3.90. The SMILES string of the molecule is CC#Cc1ccc(C(=O)C(=O)Nc2cc(C(C)C)cc(NSC)c2OC)c2ccccc12. The minimum atomic E-state index is -0.723. The van der Waals surface area contributed by atoms with E-state index in [2.05, 4.69) is 35.7 Å². The Morgan fingerprint density at radius 2 is 1.72 bits per heavy atom. The minimum Gasteiger partial charge on any atom is -0.492 e. The van der Waals surface area contributed by atoms with Crippen LogP contribution in [0.3, 0.4) is 0 Å². The second-order valence-corrected chi connectivity index (χ2v) is 8.09. The molecule has 32 heavy (non-hydrogen) atoms. The van der Waals surface area contributed by atoms with Gasteiger partial charge in [0.15, 0.2) is 5.75 Å². The van der Waals surface area contributed by atoms with E-state index in [0.717, 1.165) is 22.2 Å². The van der Waals surface area contributed by atoms with Gasteiger partial charge >= 0.3 is 0 Å². The summed E-state index contributed by atoms with van der Waals surface area (Å²) in [6, 6.07) is 14.7. The van der Waals surface area contributed by atoms with Crippen molar-refractivity contribution in [1.82, 2.24) is 0 Å². The molecule has 0 saturated carbocycles. The molecule has 0 aliphatic rings. The zero-order valence-corrected chi connectivity index (χ0v) is 19.6. The van der Waals surface area contributed by atoms with Crippen LogP contribution < -0.4 is 14.8 Å². The van der Waals surface area contributed by atoms with E-state index in [-0.39, 0.29) is 5.92 Å². The van der Waals surface area contributed by atoms with Crippen LogP contribution in [0.1, 0.15) is 48.2 Å². The molecule has 0 spiro atoms. The lowest BCUT2D eigenvalue weighted by Gasteiger charge is -2.18. The van der Waals surface area contributed by atoms with Crippen molar-refractivity contribution in [2.45, 2.75) is 26.7 Å². The monoisotopic (exact) mass is 446 g/mol. The standard InChI is InChI=1S/C26H26N2O3S/c1-6-9-17-12-13-21(20-11-8-7-10-19(17)20)24(29)26(30)27-22-14-18(16(2)3)15-23(28-32-5)25(22)31-4/h7-8,10-16,28H,1-5H3,(H,27,30). The second-order valence-electron chi connectivity index (χ2n) is 7.47. The summed E-state index contributed by atoms with van der Waals surface area (Å²) in [5.74, 6) is 5.30. The maximum atomic E-state index is 13.2. The van der Waals surface area contributed by atoms with Crippen LogP contribution in [-0.2, 0) is 4.79 Å². The molecule has 0 radical (unpaired) electrons. The Labute approximate surface area is 193 Å². The van der Waals surface area contributed by atoms with Crippen molar-refractivity contribution in [1.29, 1.82) is 0 Å². The number of carbonyl (C=O) groups excluding carboxylic acids is 2. The van der Waals surface area contributed by atoms with Gasteiger partial charge in [0.2, 0.25) is 0 Å². The van der Waals surface area contributed by atoms with E-state index in [0.29, 0.717) is 22.4 Å². The average Bonchev–Trinajstić information content (AvgIpc) is 2.79. The van der Waals surface area contributed by atoms with Crippen molar-refractivity contribution in [3.8, 4) is 17.6 Å². The van der Waals surface area contributed by atoms with Gasteiger partial charge in [-0.05, 0) is 53.4 Å². The highest BCUT2D eigenvalue weighted by molar-refractivity contribution is 7.99. The lowest BCUT2D eigenvalue weighted by Crippen LogP contribution is -2.23. The first kappa shape index (κ1) is 23.2. The van der Waals surface area contributed by atoms with E-state index in [9.17, 15) is 9.59 Å². The van der Waals surface area contributed by atoms with Gasteiger partial charge < -0.3 is 14.8 Å². The highest BCUT2D eigenvalue weighted by Crippen LogP contribution is 2.38. The molecule has 3 rings (SSSR count). The van der Waals surface area contributed by atoms with Gasteiger partial charge in [-0.2, -0.15) is 0 Å². The summed E-state index contributed by atoms with van der Waals surface area (Å²) in [4.78, 5) is 26.2. The predicted octanol–water partition coefficient (Wildman–Crippen LogP) is 5.85. The van der Waals surface area contributed by atoms with Gasteiger partial charge in [-0.25, -0.2) is 0 Å². The van der Waals surface area contributed by atoms with Crippen LogP contribution in [0.2, 0.25) is 0 Å². The number of amides is 1. The molecule has 0 aromatic heterocycles. The number of Topliss-reactive ketones (excluding diaryl/α,β-unsaturated/α-hetero) is 1. The first-order chi connectivity index (χ1) is 15.4. The Hall–Kier alpha value is -3.43. The van der Waals surface area contributed by atoms with Crippen LogP contribution >= 0.6 is 11.9 Å². The third kappa shape index (κ3) is 4.74. The Kier molecular flexibility index (Phi) is 7.45. The molecule has 5 nitrogen and oxygen atoms in total. The molecule has 0 aliphatic heterocycles. The summed E-state index contributed by atoms with van der Waals surface area (Å²) in [5.41, 5.74) is 3.35. The lowest BCUT2D eigenvalue weighted by molar-refractivity contribution is -0.112. The number of ketones is 1. The number of fused-ring (bicyclic) bond motifs is 1. The first-order valence-electron chi connectivity index (χ1n) is 10.2. The average molecular weight is 447 g/mol. The zero-order valence-electron chi connectivity index (χ0n) is 18.8. The quantitative estimate of drug-likeness (QED) is 0.206. The summed E-state index contributed by atoms with van der Waals surface area (Å²) >= 11 is 1.42. The van der Waals surface area contributed by atoms with Crippen molar-refractivity contribution in [3.05, 3.63) is 65.2 Å². The number of carbonyl (C=O) groups is 2. The number of hydrogen-bond donors (Lipinski definition) is 2.